The smallest absolute Gasteiger partial charge is 0.410 e. The van der Waals surface area contributed by atoms with Gasteiger partial charge in [-0.05, 0) is 90.2 Å². The Morgan fingerprint density at radius 3 is 1.38 bits per heavy atom. The number of aryl methyl sites for hydroxylation is 1. The predicted octanol–water partition coefficient (Wildman–Crippen LogP) is 7.85. The van der Waals surface area contributed by atoms with Crippen LogP contribution in [0.1, 0.15) is 76.3 Å². The van der Waals surface area contributed by atoms with Crippen LogP contribution in [0.5, 0.6) is 0 Å². The molecule has 6 aromatic rings. The summed E-state index contributed by atoms with van der Waals surface area (Å²) in [7, 11) is -3.76. The van der Waals surface area contributed by atoms with E-state index in [1.807, 2.05) is 60.7 Å². The lowest BCUT2D eigenvalue weighted by Gasteiger charge is -2.35. The summed E-state index contributed by atoms with van der Waals surface area (Å²) < 4.78 is 33.2. The molecule has 12 N–H and O–H groups in total. The van der Waals surface area contributed by atoms with Crippen molar-refractivity contribution in [3.63, 3.8) is 0 Å². The van der Waals surface area contributed by atoms with Crippen LogP contribution in [-0.4, -0.2) is 159 Å². The molecule has 7 rings (SSSR count). The number of carboxylic acid groups (broad SMARTS) is 1. The third-order valence-corrected chi connectivity index (χ3v) is 19.8. The summed E-state index contributed by atoms with van der Waals surface area (Å²) in [4.78, 5) is 142. The number of amides is 9. The number of Topliss-reactive ketones (excluding diaryl/α,β-unsaturated/α-hetero) is 2. The SMILES string of the molecule is CCn1cc(C(=O)O)c(=O)c2cc(F)c(N3CCN(C(=O)OCc4ccc(CC(=O)[C@H](CCCNC(N)=O)NC(=O)[C@@H](C[Si](C)(C)C)NC(=O)OCc5ccccc5)cc4)CC3)cc21.C[Si](C)(C)C[C@@H](NC(=O)OCc1ccccc1)C(=O)N[C@@H](CCCNC(N)=O)C(=O)Cc1ccc(CO)cc1. The highest BCUT2D eigenvalue weighted by molar-refractivity contribution is 6.76. The van der Waals surface area contributed by atoms with E-state index in [2.05, 4.69) is 71.2 Å². The molecule has 1 aromatic heterocycles. The van der Waals surface area contributed by atoms with Crippen molar-refractivity contribution in [3.05, 3.63) is 183 Å². The fourth-order valence-corrected chi connectivity index (χ4v) is 14.3. The zero-order chi connectivity index (χ0) is 75.4. The Bertz CT molecular complexity index is 3950. The van der Waals surface area contributed by atoms with Crippen molar-refractivity contribution in [1.82, 2.24) is 41.4 Å². The number of piperazine rings is 1. The molecule has 0 unspecified atom stereocenters. The lowest BCUT2D eigenvalue weighted by atomic mass is 9.99. The van der Waals surface area contributed by atoms with Gasteiger partial charge in [-0.1, -0.05) is 148 Å². The molecule has 4 atom stereocenters. The fourth-order valence-electron chi connectivity index (χ4n) is 11.3. The quantitative estimate of drug-likeness (QED) is 0.0104. The second-order valence-electron chi connectivity index (χ2n) is 27.4. The van der Waals surface area contributed by atoms with E-state index in [-0.39, 0.29) is 114 Å². The van der Waals surface area contributed by atoms with Gasteiger partial charge in [0.1, 0.15) is 43.3 Å². The van der Waals surface area contributed by atoms with Gasteiger partial charge in [0.05, 0.1) is 29.9 Å². The lowest BCUT2D eigenvalue weighted by Crippen LogP contribution is -2.54. The molecule has 1 aliphatic rings. The van der Waals surface area contributed by atoms with Gasteiger partial charge in [-0.25, -0.2) is 33.2 Å². The second kappa shape index (κ2) is 39.7. The number of hydrogen-bond donors (Lipinski definition) is 10. The van der Waals surface area contributed by atoms with Crippen molar-refractivity contribution in [2.24, 2.45) is 11.5 Å². The Morgan fingerprint density at radius 1 is 0.553 bits per heavy atom. The van der Waals surface area contributed by atoms with E-state index >= 15 is 4.39 Å². The maximum absolute atomic E-state index is 15.4. The first-order chi connectivity index (χ1) is 48.9. The number of nitrogens with zero attached hydrogens (tertiary/aromatic N) is 3. The number of nitrogens with one attached hydrogen (secondary N) is 6. The van der Waals surface area contributed by atoms with Crippen LogP contribution in [0.25, 0.3) is 10.9 Å². The number of alkyl carbamates (subject to hydrolysis) is 2. The van der Waals surface area contributed by atoms with E-state index in [9.17, 15) is 63.0 Å². The highest BCUT2D eigenvalue weighted by Crippen LogP contribution is 2.27. The Morgan fingerprint density at radius 2 is 0.971 bits per heavy atom. The summed E-state index contributed by atoms with van der Waals surface area (Å²) in [5.41, 5.74) is 14.2. The van der Waals surface area contributed by atoms with Crippen molar-refractivity contribution in [1.29, 1.82) is 0 Å². The fraction of sp³-hybridized carbons (Fsp3) is 0.411. The molecule has 2 heterocycles. The van der Waals surface area contributed by atoms with Crippen molar-refractivity contribution in [2.45, 2.75) is 154 Å². The van der Waals surface area contributed by atoms with Crippen LogP contribution in [0, 0.1) is 5.82 Å². The molecule has 5 aromatic carbocycles. The van der Waals surface area contributed by atoms with E-state index in [1.54, 1.807) is 64.9 Å². The standard InChI is InChI=1S/C45H56FN7O10Si.C28H40N4O6Si/c1-5-51-25-33(42(57)58)40(55)32-23-34(46)38(24-37(32)51)52-18-20-53(21-19-52)45(61)63-27-31-15-13-29(14-16-31)22-39(54)35(12-9-17-48-43(47)59)49-41(56)36(28-64(2,3)4)50-44(60)62-26-30-10-7-6-8-11-30;1-39(2,3)19-24(32-28(37)38-18-22-8-5-4-6-9-22)26(35)31-23(10-7-15-30-27(29)36)25(34)16-20-11-13-21(17-33)14-12-20/h6-8,10-11,13-16,23-25,35-36H,5,9,12,17-22,26-28H2,1-4H3,(H,49,56)(H,50,60)(H,57,58)(H3,47,48,59);4-6,8-9,11-14,23-24,33H,7,10,15-19H2,1-3H3,(H,31,35)(H,32,37)(H3,29,30,36)/t35-,36+;23-,24+/m00/s1. The number of rotatable bonds is 34. The minimum absolute atomic E-state index is 0.0193. The van der Waals surface area contributed by atoms with Gasteiger partial charge >= 0.3 is 36.3 Å². The molecular weight excluding hydrogens is 1360 g/mol. The average Bonchev–Trinajstić information content (AvgIpc) is 0.763. The molecule has 0 bridgehead atoms. The molecule has 0 spiro atoms. The Balaban J connectivity index is 0.000000365. The molecular formula is C73H96FN11O16Si2. The summed E-state index contributed by atoms with van der Waals surface area (Å²) in [5, 5.41) is 34.7. The monoisotopic (exact) mass is 1460 g/mol. The van der Waals surface area contributed by atoms with Gasteiger partial charge in [-0.15, -0.1) is 0 Å². The first kappa shape index (κ1) is 81.5. The molecule has 1 fully saturated rings. The molecule has 30 heteroatoms. The second-order valence-corrected chi connectivity index (χ2v) is 38.5. The number of carbonyl (C=O) groups is 10. The Kier molecular flexibility index (Phi) is 31.4. The highest BCUT2D eigenvalue weighted by Gasteiger charge is 2.34. The minimum atomic E-state index is -1.93. The first-order valence-electron chi connectivity index (χ1n) is 34.1. The van der Waals surface area contributed by atoms with Crippen LogP contribution in [0.15, 0.2) is 132 Å². The third kappa shape index (κ3) is 27.8. The minimum Gasteiger partial charge on any atom is -0.477 e. The number of halogens is 1. The predicted molar refractivity (Wildman–Crippen MR) is 392 cm³/mol. The summed E-state index contributed by atoms with van der Waals surface area (Å²) in [6, 6.07) is 30.7. The molecule has 554 valence electrons. The molecule has 0 radical (unpaired) electrons. The molecule has 0 aliphatic carbocycles. The number of ether oxygens (including phenoxy) is 3. The molecule has 27 nitrogen and oxygen atoms in total. The number of aliphatic hydroxyl groups excluding tert-OH is 1. The number of nitrogens with two attached hydrogens (primary N) is 2. The maximum atomic E-state index is 15.4. The Labute approximate surface area is 600 Å². The lowest BCUT2D eigenvalue weighted by molar-refractivity contribution is -0.128. The zero-order valence-electron chi connectivity index (χ0n) is 59.4. The van der Waals surface area contributed by atoms with Crippen LogP contribution in [-0.2, 0) is 79.2 Å². The topological polar surface area (TPSA) is 392 Å². The highest BCUT2D eigenvalue weighted by atomic mass is 28.3. The van der Waals surface area contributed by atoms with E-state index in [0.717, 1.165) is 28.3 Å². The van der Waals surface area contributed by atoms with Crippen LogP contribution >= 0.6 is 0 Å². The molecule has 9 amide bonds. The number of aromatic carboxylic acids is 1. The van der Waals surface area contributed by atoms with E-state index in [0.29, 0.717) is 48.1 Å². The molecule has 1 aliphatic heterocycles. The Hall–Kier alpha value is -10.5. The van der Waals surface area contributed by atoms with Crippen molar-refractivity contribution in [2.75, 3.05) is 44.2 Å². The van der Waals surface area contributed by atoms with Gasteiger partial charge in [-0.3, -0.25) is 24.0 Å². The van der Waals surface area contributed by atoms with E-state index < -0.39 is 105 Å². The number of carboxylic acids is 1. The number of benzene rings is 5. The van der Waals surface area contributed by atoms with Crippen LogP contribution in [0.3, 0.4) is 0 Å². The van der Waals surface area contributed by atoms with Gasteiger partial charge in [0.2, 0.25) is 17.2 Å². The normalized spacial score (nSPS) is 13.3. The van der Waals surface area contributed by atoms with Gasteiger partial charge in [0.15, 0.2) is 11.6 Å². The van der Waals surface area contributed by atoms with Crippen molar-refractivity contribution >= 4 is 92.4 Å². The van der Waals surface area contributed by atoms with Gasteiger partial charge < -0.3 is 82.2 Å². The summed E-state index contributed by atoms with van der Waals surface area (Å²) in [6.45, 7) is 16.0. The van der Waals surface area contributed by atoms with Crippen LogP contribution in [0.4, 0.5) is 34.1 Å². The van der Waals surface area contributed by atoms with Crippen LogP contribution < -0.4 is 53.7 Å². The molecule has 103 heavy (non-hydrogen) atoms. The van der Waals surface area contributed by atoms with Gasteiger partial charge in [-0.2, -0.15) is 0 Å². The number of aliphatic hydroxyl groups is 1. The van der Waals surface area contributed by atoms with Crippen molar-refractivity contribution in [3.8, 4) is 0 Å². The van der Waals surface area contributed by atoms with Crippen LogP contribution in [0.2, 0.25) is 51.4 Å². The summed E-state index contributed by atoms with van der Waals surface area (Å²) in [5.74, 6) is -3.56. The first-order valence-corrected chi connectivity index (χ1v) is 41.5. The average molecular weight is 1460 g/mol. The van der Waals surface area contributed by atoms with Gasteiger partial charge in [0, 0.05) is 86.4 Å². The number of hydrogen-bond acceptors (Lipinski definition) is 16. The van der Waals surface area contributed by atoms with E-state index in [1.165, 1.54) is 17.2 Å². The molecule has 0 saturated carbocycles. The number of aromatic nitrogens is 1. The largest absolute Gasteiger partial charge is 0.477 e. The number of anilines is 1. The van der Waals surface area contributed by atoms with Crippen molar-refractivity contribution < 1.29 is 76.8 Å². The number of urea groups is 2. The number of carbonyl (C=O) groups excluding carboxylic acids is 9. The molecule has 1 saturated heterocycles. The van der Waals surface area contributed by atoms with Gasteiger partial charge in [0.25, 0.3) is 0 Å². The summed E-state index contributed by atoms with van der Waals surface area (Å²) in [6.07, 6.45) is 0.474. The maximum Gasteiger partial charge on any atom is 0.410 e. The third-order valence-electron chi connectivity index (χ3n) is 16.6. The summed E-state index contributed by atoms with van der Waals surface area (Å²) >= 11 is 0. The number of ketones is 2. The van der Waals surface area contributed by atoms with E-state index in [4.69, 9.17) is 25.7 Å². The zero-order valence-corrected chi connectivity index (χ0v) is 61.4. The number of primary amides is 2. The number of fused-ring (bicyclic) bond motifs is 1. The number of pyridine rings is 1.